The molecular formula is C18H17N5O7. The lowest BCUT2D eigenvalue weighted by Crippen LogP contribution is -2.49. The average molecular weight is 415 g/mol. The minimum absolute atomic E-state index is 0.143. The van der Waals surface area contributed by atoms with Gasteiger partial charge in [-0.2, -0.15) is 0 Å². The van der Waals surface area contributed by atoms with Gasteiger partial charge in [0.05, 0.1) is 17.0 Å². The van der Waals surface area contributed by atoms with E-state index in [9.17, 15) is 29.3 Å². The second-order valence-corrected chi connectivity index (χ2v) is 6.68. The molecule has 1 aliphatic heterocycles. The first-order chi connectivity index (χ1) is 14.1. The Labute approximate surface area is 169 Å². The van der Waals surface area contributed by atoms with Crippen LogP contribution in [0.2, 0.25) is 0 Å². The van der Waals surface area contributed by atoms with Crippen molar-refractivity contribution >= 4 is 35.1 Å². The van der Waals surface area contributed by atoms with Crippen LogP contribution in [0.5, 0.6) is 0 Å². The Hall–Kier alpha value is -4.09. The van der Waals surface area contributed by atoms with Gasteiger partial charge in [-0.15, -0.1) is 0 Å². The van der Waals surface area contributed by atoms with Crippen molar-refractivity contribution in [3.8, 4) is 0 Å². The summed E-state index contributed by atoms with van der Waals surface area (Å²) >= 11 is 0. The van der Waals surface area contributed by atoms with E-state index in [-0.39, 0.29) is 23.5 Å². The zero-order valence-electron chi connectivity index (χ0n) is 16.2. The molecule has 1 N–H and O–H groups in total. The maximum Gasteiger partial charge on any atom is 0.282 e. The van der Waals surface area contributed by atoms with Gasteiger partial charge in [0.25, 0.3) is 17.5 Å². The summed E-state index contributed by atoms with van der Waals surface area (Å²) in [5.41, 5.74) is -1.01. The fraction of sp³-hybridized carbons (Fsp3) is 0.278. The molecule has 0 fully saturated rings. The van der Waals surface area contributed by atoms with Gasteiger partial charge < -0.3 is 14.7 Å². The van der Waals surface area contributed by atoms with E-state index in [1.807, 2.05) is 0 Å². The van der Waals surface area contributed by atoms with Gasteiger partial charge in [-0.3, -0.25) is 34.2 Å². The number of amides is 4. The zero-order valence-corrected chi connectivity index (χ0v) is 16.2. The molecule has 1 unspecified atom stereocenters. The van der Waals surface area contributed by atoms with Crippen LogP contribution in [0.1, 0.15) is 33.4 Å². The summed E-state index contributed by atoms with van der Waals surface area (Å²) in [6.07, 6.45) is 0. The number of rotatable bonds is 6. The molecule has 1 aromatic carbocycles. The van der Waals surface area contributed by atoms with Crippen molar-refractivity contribution in [1.82, 2.24) is 15.0 Å². The quantitative estimate of drug-likeness (QED) is 0.415. The summed E-state index contributed by atoms with van der Waals surface area (Å²) in [6.45, 7) is 2.58. The maximum atomic E-state index is 12.7. The molecule has 1 aromatic heterocycles. The molecule has 12 heteroatoms. The van der Waals surface area contributed by atoms with Gasteiger partial charge >= 0.3 is 0 Å². The molecule has 12 nitrogen and oxygen atoms in total. The molecule has 0 radical (unpaired) electrons. The van der Waals surface area contributed by atoms with Crippen molar-refractivity contribution in [2.45, 2.75) is 19.9 Å². The van der Waals surface area contributed by atoms with Gasteiger partial charge in [0.15, 0.2) is 5.82 Å². The average Bonchev–Trinajstić information content (AvgIpc) is 3.21. The van der Waals surface area contributed by atoms with Crippen LogP contribution in [0.4, 0.5) is 11.5 Å². The summed E-state index contributed by atoms with van der Waals surface area (Å²) in [5.74, 6) is -2.33. The van der Waals surface area contributed by atoms with Crippen molar-refractivity contribution in [2.24, 2.45) is 0 Å². The standard InChI is InChI=1S/C18H17N5O7/c1-9-7-13(20-30-9)19-14(24)8-21(3)16(25)10(2)22-17(26)11-5-4-6-12(23(28)29)15(11)18(22)27/h4-7,10H,8H2,1-3H3,(H,19,20,24). The van der Waals surface area contributed by atoms with Crippen molar-refractivity contribution in [1.29, 1.82) is 0 Å². The van der Waals surface area contributed by atoms with Crippen LogP contribution in [0.25, 0.3) is 0 Å². The lowest BCUT2D eigenvalue weighted by atomic mass is 10.1. The smallest absolute Gasteiger partial charge is 0.282 e. The number of fused-ring (bicyclic) bond motifs is 1. The van der Waals surface area contributed by atoms with Crippen LogP contribution in [0.15, 0.2) is 28.8 Å². The predicted molar refractivity (Wildman–Crippen MR) is 101 cm³/mol. The van der Waals surface area contributed by atoms with Gasteiger partial charge in [-0.25, -0.2) is 0 Å². The second-order valence-electron chi connectivity index (χ2n) is 6.68. The number of nitro benzene ring substituents is 1. The number of carbonyl (C=O) groups is 4. The third-order valence-electron chi connectivity index (χ3n) is 4.52. The van der Waals surface area contributed by atoms with Gasteiger partial charge in [0, 0.05) is 19.2 Å². The van der Waals surface area contributed by atoms with E-state index in [2.05, 4.69) is 10.5 Å². The van der Waals surface area contributed by atoms with Crippen molar-refractivity contribution in [2.75, 3.05) is 18.9 Å². The van der Waals surface area contributed by atoms with Crippen LogP contribution in [0, 0.1) is 17.0 Å². The number of nitrogens with zero attached hydrogens (tertiary/aromatic N) is 4. The van der Waals surface area contributed by atoms with Crippen LogP contribution in [-0.4, -0.2) is 63.1 Å². The van der Waals surface area contributed by atoms with Crippen molar-refractivity contribution in [3.63, 3.8) is 0 Å². The molecule has 2 aromatic rings. The highest BCUT2D eigenvalue weighted by atomic mass is 16.6. The number of aromatic nitrogens is 1. The molecule has 2 heterocycles. The van der Waals surface area contributed by atoms with Gasteiger partial charge in [-0.1, -0.05) is 11.2 Å². The summed E-state index contributed by atoms with van der Waals surface area (Å²) in [6, 6.07) is 3.91. The van der Waals surface area contributed by atoms with E-state index in [4.69, 9.17) is 4.52 Å². The number of likely N-dealkylation sites (N-methyl/N-ethyl adjacent to an activating group) is 1. The number of nitrogens with one attached hydrogen (secondary N) is 1. The number of hydrogen-bond donors (Lipinski definition) is 1. The third-order valence-corrected chi connectivity index (χ3v) is 4.52. The first-order valence-electron chi connectivity index (χ1n) is 8.75. The molecule has 0 saturated carbocycles. The highest BCUT2D eigenvalue weighted by molar-refractivity contribution is 6.24. The number of anilines is 1. The first kappa shape index (κ1) is 20.6. The van der Waals surface area contributed by atoms with Crippen LogP contribution in [0.3, 0.4) is 0 Å². The van der Waals surface area contributed by atoms with E-state index >= 15 is 0 Å². The monoisotopic (exact) mass is 415 g/mol. The van der Waals surface area contributed by atoms with E-state index in [0.717, 1.165) is 11.0 Å². The minimum Gasteiger partial charge on any atom is -0.360 e. The third kappa shape index (κ3) is 3.62. The van der Waals surface area contributed by atoms with Crippen molar-refractivity contribution < 1.29 is 28.6 Å². The van der Waals surface area contributed by atoms with E-state index in [1.165, 1.54) is 32.2 Å². The fourth-order valence-electron chi connectivity index (χ4n) is 3.12. The Morgan fingerprint density at radius 1 is 1.33 bits per heavy atom. The molecule has 30 heavy (non-hydrogen) atoms. The van der Waals surface area contributed by atoms with Crippen LogP contribution >= 0.6 is 0 Å². The number of aryl methyl sites for hydroxylation is 1. The van der Waals surface area contributed by atoms with Gasteiger partial charge in [-0.05, 0) is 19.9 Å². The van der Waals surface area contributed by atoms with Crippen molar-refractivity contribution in [3.05, 3.63) is 51.3 Å². The SMILES string of the molecule is Cc1cc(NC(=O)CN(C)C(=O)C(C)N2C(=O)c3cccc([N+](=O)[O-])c3C2=O)no1. The summed E-state index contributed by atoms with van der Waals surface area (Å²) in [4.78, 5) is 62.3. The summed E-state index contributed by atoms with van der Waals surface area (Å²) < 4.78 is 4.83. The minimum atomic E-state index is -1.27. The van der Waals surface area contributed by atoms with Crippen LogP contribution < -0.4 is 5.32 Å². The lowest BCUT2D eigenvalue weighted by molar-refractivity contribution is -0.385. The Morgan fingerprint density at radius 3 is 2.63 bits per heavy atom. The lowest BCUT2D eigenvalue weighted by Gasteiger charge is -2.26. The second kappa shape index (κ2) is 7.73. The first-order valence-corrected chi connectivity index (χ1v) is 8.75. The molecule has 1 aliphatic rings. The number of hydrogen-bond acceptors (Lipinski definition) is 8. The largest absolute Gasteiger partial charge is 0.360 e. The molecule has 4 amide bonds. The topological polar surface area (TPSA) is 156 Å². The van der Waals surface area contributed by atoms with E-state index in [0.29, 0.717) is 10.7 Å². The molecular weight excluding hydrogens is 398 g/mol. The number of nitro groups is 1. The summed E-state index contributed by atoms with van der Waals surface area (Å²) in [7, 11) is 1.33. The molecule has 0 saturated heterocycles. The maximum absolute atomic E-state index is 12.7. The Bertz CT molecular complexity index is 1080. The van der Waals surface area contributed by atoms with Crippen LogP contribution in [-0.2, 0) is 9.59 Å². The zero-order chi connectivity index (χ0) is 22.2. The number of imide groups is 1. The summed E-state index contributed by atoms with van der Waals surface area (Å²) in [5, 5.41) is 17.3. The Morgan fingerprint density at radius 2 is 2.03 bits per heavy atom. The normalized spacial score (nSPS) is 13.8. The molecule has 0 aliphatic carbocycles. The predicted octanol–water partition coefficient (Wildman–Crippen LogP) is 0.973. The molecule has 3 rings (SSSR count). The van der Waals surface area contributed by atoms with Gasteiger partial charge in [0.1, 0.15) is 17.4 Å². The number of carbonyl (C=O) groups excluding carboxylic acids is 4. The number of benzene rings is 1. The Balaban J connectivity index is 1.73. The highest BCUT2D eigenvalue weighted by Crippen LogP contribution is 2.32. The Kier molecular flexibility index (Phi) is 5.32. The van der Waals surface area contributed by atoms with Gasteiger partial charge in [0.2, 0.25) is 11.8 Å². The molecule has 0 spiro atoms. The van der Waals surface area contributed by atoms with E-state index < -0.39 is 40.3 Å². The highest BCUT2D eigenvalue weighted by Gasteiger charge is 2.45. The van der Waals surface area contributed by atoms with E-state index in [1.54, 1.807) is 6.92 Å². The molecule has 1 atom stereocenters. The molecule has 0 bridgehead atoms. The fourth-order valence-corrected chi connectivity index (χ4v) is 3.12. The molecule has 156 valence electrons.